The van der Waals surface area contributed by atoms with E-state index in [1.807, 2.05) is 12.1 Å². The Morgan fingerprint density at radius 1 is 1.03 bits per heavy atom. The van der Waals surface area contributed by atoms with Crippen molar-refractivity contribution in [2.75, 3.05) is 12.3 Å². The molecule has 1 aromatic heterocycles. The van der Waals surface area contributed by atoms with Crippen LogP contribution in [0.25, 0.3) is 0 Å². The van der Waals surface area contributed by atoms with Crippen molar-refractivity contribution in [1.82, 2.24) is 15.3 Å². The van der Waals surface area contributed by atoms with Gasteiger partial charge in [0.05, 0.1) is 16.8 Å². The lowest BCUT2D eigenvalue weighted by atomic mass is 10.1. The normalized spacial score (nSPS) is 11.3. The van der Waals surface area contributed by atoms with Gasteiger partial charge in [0.2, 0.25) is 15.7 Å². The van der Waals surface area contributed by atoms with Crippen LogP contribution in [0.1, 0.15) is 5.56 Å². The molecule has 0 unspecified atom stereocenters. The highest BCUT2D eigenvalue weighted by atomic mass is 35.5. The van der Waals surface area contributed by atoms with Gasteiger partial charge >= 0.3 is 0 Å². The van der Waals surface area contributed by atoms with E-state index in [1.165, 1.54) is 18.2 Å². The first-order valence-electron chi connectivity index (χ1n) is 9.09. The Labute approximate surface area is 203 Å². The van der Waals surface area contributed by atoms with Crippen molar-refractivity contribution in [2.45, 2.75) is 21.4 Å². The summed E-state index contributed by atoms with van der Waals surface area (Å²) in [6.45, 7) is 0.435. The number of aromatic nitrogens is 2. The van der Waals surface area contributed by atoms with E-state index in [0.717, 1.165) is 23.5 Å². The molecule has 32 heavy (non-hydrogen) atoms. The van der Waals surface area contributed by atoms with Gasteiger partial charge in [-0.15, -0.1) is 0 Å². The number of H-pyrrole nitrogens is 1. The third kappa shape index (κ3) is 6.49. The number of nitrogens with one attached hydrogen (secondary N) is 2. The SMILES string of the molecule is O=C(CSc1ncc(S(=O)(=O)c2cc(Cl)cc(Cl)c2)c(=O)[nH]1)NCCc1ccc(Cl)cc1. The Morgan fingerprint density at radius 2 is 1.69 bits per heavy atom. The third-order valence-corrected chi connectivity index (χ3v) is 7.47. The Kier molecular flexibility index (Phi) is 8.24. The standard InChI is InChI=1S/C20H16Cl3N3O4S2/c21-13-3-1-12(2-4-13)5-6-24-18(27)11-31-20-25-10-17(19(28)26-20)32(29,30)16-8-14(22)7-15(23)9-16/h1-4,7-10H,5-6,11H2,(H,24,27)(H,25,26,28). The van der Waals surface area contributed by atoms with Gasteiger partial charge in [-0.3, -0.25) is 9.59 Å². The third-order valence-electron chi connectivity index (χ3n) is 4.17. The fraction of sp³-hybridized carbons (Fsp3) is 0.150. The fourth-order valence-corrected chi connectivity index (χ4v) is 5.37. The van der Waals surface area contributed by atoms with E-state index in [0.29, 0.717) is 18.0 Å². The summed E-state index contributed by atoms with van der Waals surface area (Å²) in [6, 6.07) is 11.1. The summed E-state index contributed by atoms with van der Waals surface area (Å²) < 4.78 is 25.5. The van der Waals surface area contributed by atoms with Crippen LogP contribution in [0.5, 0.6) is 0 Å². The average Bonchev–Trinajstić information content (AvgIpc) is 2.73. The van der Waals surface area contributed by atoms with Crippen molar-refractivity contribution < 1.29 is 13.2 Å². The predicted molar refractivity (Wildman–Crippen MR) is 126 cm³/mol. The summed E-state index contributed by atoms with van der Waals surface area (Å²) in [5.74, 6) is -0.253. The van der Waals surface area contributed by atoms with Gasteiger partial charge in [-0.25, -0.2) is 13.4 Å². The van der Waals surface area contributed by atoms with Crippen molar-refractivity contribution in [3.8, 4) is 0 Å². The molecule has 0 saturated carbocycles. The Balaban J connectivity index is 1.59. The molecule has 0 spiro atoms. The number of carbonyl (C=O) groups is 1. The molecular formula is C20H16Cl3N3O4S2. The van der Waals surface area contributed by atoms with Gasteiger partial charge in [0, 0.05) is 21.6 Å². The zero-order valence-electron chi connectivity index (χ0n) is 16.3. The van der Waals surface area contributed by atoms with Gasteiger partial charge < -0.3 is 10.3 Å². The van der Waals surface area contributed by atoms with Crippen molar-refractivity contribution >= 4 is 62.3 Å². The molecule has 3 rings (SSSR count). The van der Waals surface area contributed by atoms with Crippen LogP contribution in [0, 0.1) is 0 Å². The highest BCUT2D eigenvalue weighted by Crippen LogP contribution is 2.26. The lowest BCUT2D eigenvalue weighted by Gasteiger charge is -2.07. The van der Waals surface area contributed by atoms with E-state index in [4.69, 9.17) is 34.8 Å². The van der Waals surface area contributed by atoms with Gasteiger partial charge in [-0.05, 0) is 42.3 Å². The van der Waals surface area contributed by atoms with Crippen LogP contribution in [0.15, 0.2) is 68.4 Å². The molecule has 2 aromatic carbocycles. The molecule has 1 heterocycles. The van der Waals surface area contributed by atoms with Crippen molar-refractivity contribution in [1.29, 1.82) is 0 Å². The topological polar surface area (TPSA) is 109 Å². The molecule has 3 aromatic rings. The molecule has 0 saturated heterocycles. The largest absolute Gasteiger partial charge is 0.355 e. The van der Waals surface area contributed by atoms with Crippen LogP contribution in [0.2, 0.25) is 15.1 Å². The minimum atomic E-state index is -4.18. The Bertz CT molecular complexity index is 1280. The molecule has 7 nitrogen and oxygen atoms in total. The van der Waals surface area contributed by atoms with Gasteiger partial charge in [0.25, 0.3) is 5.56 Å². The quantitative estimate of drug-likeness (QED) is 0.335. The molecule has 168 valence electrons. The number of hydrogen-bond acceptors (Lipinski definition) is 6. The van der Waals surface area contributed by atoms with Crippen LogP contribution in [0.3, 0.4) is 0 Å². The van der Waals surface area contributed by atoms with E-state index in [1.54, 1.807) is 12.1 Å². The summed E-state index contributed by atoms with van der Waals surface area (Å²) in [6.07, 6.45) is 1.59. The molecule has 0 aliphatic rings. The number of thioether (sulfide) groups is 1. The maximum atomic E-state index is 12.7. The van der Waals surface area contributed by atoms with E-state index >= 15 is 0 Å². The van der Waals surface area contributed by atoms with E-state index in [9.17, 15) is 18.0 Å². The number of amides is 1. The molecule has 0 fully saturated rings. The fourth-order valence-electron chi connectivity index (χ4n) is 2.62. The van der Waals surface area contributed by atoms with E-state index in [-0.39, 0.29) is 31.8 Å². The first-order valence-corrected chi connectivity index (χ1v) is 12.7. The minimum Gasteiger partial charge on any atom is -0.355 e. The van der Waals surface area contributed by atoms with Crippen LogP contribution >= 0.6 is 46.6 Å². The van der Waals surface area contributed by atoms with Gasteiger partial charge in [-0.2, -0.15) is 0 Å². The van der Waals surface area contributed by atoms with Gasteiger partial charge in [-0.1, -0.05) is 58.7 Å². The number of rotatable bonds is 8. The monoisotopic (exact) mass is 531 g/mol. The van der Waals surface area contributed by atoms with Gasteiger partial charge in [0.15, 0.2) is 10.1 Å². The zero-order chi connectivity index (χ0) is 23.3. The van der Waals surface area contributed by atoms with Crippen molar-refractivity contribution in [3.63, 3.8) is 0 Å². The maximum Gasteiger partial charge on any atom is 0.270 e. The van der Waals surface area contributed by atoms with Gasteiger partial charge in [0.1, 0.15) is 0 Å². The zero-order valence-corrected chi connectivity index (χ0v) is 20.2. The van der Waals surface area contributed by atoms with Crippen molar-refractivity contribution in [3.05, 3.63) is 79.6 Å². The molecule has 0 radical (unpaired) electrons. The Morgan fingerprint density at radius 3 is 2.31 bits per heavy atom. The first kappa shape index (κ1) is 24.6. The summed E-state index contributed by atoms with van der Waals surface area (Å²) in [4.78, 5) is 30.0. The smallest absolute Gasteiger partial charge is 0.270 e. The number of benzene rings is 2. The molecule has 0 aliphatic carbocycles. The lowest BCUT2D eigenvalue weighted by molar-refractivity contribution is -0.118. The summed E-state index contributed by atoms with van der Waals surface area (Å²) >= 11 is 18.5. The second-order valence-electron chi connectivity index (χ2n) is 6.51. The lowest BCUT2D eigenvalue weighted by Crippen LogP contribution is -2.27. The molecule has 1 amide bonds. The molecular weight excluding hydrogens is 517 g/mol. The van der Waals surface area contributed by atoms with Crippen molar-refractivity contribution in [2.24, 2.45) is 0 Å². The number of sulfone groups is 1. The summed E-state index contributed by atoms with van der Waals surface area (Å²) in [5.41, 5.74) is 0.174. The predicted octanol–water partition coefficient (Wildman–Crippen LogP) is 4.01. The number of halogens is 3. The Hall–Kier alpha value is -2.04. The number of nitrogens with zero attached hydrogens (tertiary/aromatic N) is 1. The summed E-state index contributed by atoms with van der Waals surface area (Å²) in [5, 5.41) is 3.77. The maximum absolute atomic E-state index is 12.7. The molecule has 0 atom stereocenters. The molecule has 0 aliphatic heterocycles. The summed E-state index contributed by atoms with van der Waals surface area (Å²) in [7, 11) is -4.18. The van der Waals surface area contributed by atoms with Crippen LogP contribution in [-0.2, 0) is 21.1 Å². The highest BCUT2D eigenvalue weighted by molar-refractivity contribution is 7.99. The van der Waals surface area contributed by atoms with E-state index < -0.39 is 20.3 Å². The van der Waals surface area contributed by atoms with Crippen LogP contribution in [0.4, 0.5) is 0 Å². The minimum absolute atomic E-state index is 0.000441. The van der Waals surface area contributed by atoms with E-state index in [2.05, 4.69) is 15.3 Å². The molecule has 2 N–H and O–H groups in total. The first-order chi connectivity index (χ1) is 15.1. The number of aromatic amines is 1. The molecule has 0 bridgehead atoms. The van der Waals surface area contributed by atoms with Crippen LogP contribution < -0.4 is 10.9 Å². The number of carbonyl (C=O) groups excluding carboxylic acids is 1. The second-order valence-corrected chi connectivity index (χ2v) is 10.7. The number of hydrogen-bond donors (Lipinski definition) is 2. The highest BCUT2D eigenvalue weighted by Gasteiger charge is 2.23. The molecule has 12 heteroatoms. The second kappa shape index (κ2) is 10.7. The van der Waals surface area contributed by atoms with Crippen LogP contribution in [-0.4, -0.2) is 36.6 Å². The average molecular weight is 533 g/mol.